The van der Waals surface area contributed by atoms with Gasteiger partial charge in [0, 0.05) is 6.04 Å². The Morgan fingerprint density at radius 1 is 1.32 bits per heavy atom. The van der Waals surface area contributed by atoms with Crippen molar-refractivity contribution >= 4 is 11.9 Å². The van der Waals surface area contributed by atoms with Gasteiger partial charge in [0.1, 0.15) is 11.6 Å². The number of rotatable bonds is 6. The van der Waals surface area contributed by atoms with E-state index in [0.717, 1.165) is 0 Å². The lowest BCUT2D eigenvalue weighted by Crippen LogP contribution is -2.42. The normalized spacial score (nSPS) is 13.4. The lowest BCUT2D eigenvalue weighted by molar-refractivity contribution is -0.137. The van der Waals surface area contributed by atoms with E-state index in [4.69, 9.17) is 9.84 Å². The van der Waals surface area contributed by atoms with Crippen LogP contribution in [0.25, 0.3) is 0 Å². The number of hydrogen-bond acceptors (Lipinski definition) is 3. The highest BCUT2D eigenvalue weighted by molar-refractivity contribution is 5.81. The molecule has 104 valence electrons. The Hall–Kier alpha value is -2.11. The number of carbonyl (C=O) groups is 2. The molecular formula is C13H16FNO4. The molecule has 0 aromatic heterocycles. The first kappa shape index (κ1) is 14.9. The van der Waals surface area contributed by atoms with E-state index in [1.807, 2.05) is 0 Å². The van der Waals surface area contributed by atoms with Crippen molar-refractivity contribution < 1.29 is 23.8 Å². The molecule has 5 nitrogen and oxygen atoms in total. The van der Waals surface area contributed by atoms with Crippen molar-refractivity contribution in [3.63, 3.8) is 0 Å². The lowest BCUT2D eigenvalue weighted by atomic mass is 10.2. The Labute approximate surface area is 110 Å². The second-order valence-electron chi connectivity index (χ2n) is 4.22. The van der Waals surface area contributed by atoms with Gasteiger partial charge in [-0.3, -0.25) is 9.59 Å². The summed E-state index contributed by atoms with van der Waals surface area (Å²) in [5.74, 6) is -1.42. The minimum atomic E-state index is -0.986. The number of halogens is 1. The monoisotopic (exact) mass is 269 g/mol. The Balaban J connectivity index is 2.48. The number of carbonyl (C=O) groups excluding carboxylic acids is 1. The van der Waals surface area contributed by atoms with Crippen LogP contribution in [0.5, 0.6) is 5.75 Å². The first-order valence-corrected chi connectivity index (χ1v) is 5.83. The van der Waals surface area contributed by atoms with Crippen LogP contribution >= 0.6 is 0 Å². The Morgan fingerprint density at radius 3 is 2.42 bits per heavy atom. The number of benzene rings is 1. The van der Waals surface area contributed by atoms with Gasteiger partial charge in [-0.05, 0) is 38.1 Å². The Kier molecular flexibility index (Phi) is 5.29. The van der Waals surface area contributed by atoms with Gasteiger partial charge in [-0.1, -0.05) is 0 Å². The van der Waals surface area contributed by atoms with E-state index >= 15 is 0 Å². The third kappa shape index (κ3) is 5.37. The van der Waals surface area contributed by atoms with Crippen LogP contribution < -0.4 is 10.1 Å². The van der Waals surface area contributed by atoms with Gasteiger partial charge < -0.3 is 15.2 Å². The first-order chi connectivity index (χ1) is 8.88. The minimum absolute atomic E-state index is 0.158. The fraction of sp³-hybridized carbons (Fsp3) is 0.385. The fourth-order valence-corrected chi connectivity index (χ4v) is 1.44. The largest absolute Gasteiger partial charge is 0.481 e. The molecule has 1 aromatic carbocycles. The second-order valence-corrected chi connectivity index (χ2v) is 4.22. The average Bonchev–Trinajstić information content (AvgIpc) is 2.30. The molecule has 0 bridgehead atoms. The highest BCUT2D eigenvalue weighted by atomic mass is 19.1. The predicted octanol–water partition coefficient (Wildman–Crippen LogP) is 1.57. The fourth-order valence-electron chi connectivity index (χ4n) is 1.44. The molecule has 0 heterocycles. The molecule has 1 aromatic rings. The Morgan fingerprint density at radius 2 is 1.89 bits per heavy atom. The average molecular weight is 269 g/mol. The summed E-state index contributed by atoms with van der Waals surface area (Å²) in [5.41, 5.74) is 0. The van der Waals surface area contributed by atoms with Crippen molar-refractivity contribution in [1.82, 2.24) is 5.32 Å². The maximum absolute atomic E-state index is 12.7. The standard InChI is InChI=1S/C13H16FNO4/c1-8(7-12(16)17)15-13(18)9(2)19-11-5-3-10(14)4-6-11/h3-6,8-9H,7H2,1-2H3,(H,15,18)(H,16,17). The summed E-state index contributed by atoms with van der Waals surface area (Å²) in [4.78, 5) is 22.2. The van der Waals surface area contributed by atoms with Crippen molar-refractivity contribution in [2.24, 2.45) is 0 Å². The molecule has 0 radical (unpaired) electrons. The number of aliphatic carboxylic acids is 1. The maximum Gasteiger partial charge on any atom is 0.305 e. The molecule has 0 saturated carbocycles. The van der Waals surface area contributed by atoms with Crippen LogP contribution in [-0.2, 0) is 9.59 Å². The molecule has 2 N–H and O–H groups in total. The van der Waals surface area contributed by atoms with Gasteiger partial charge in [0.05, 0.1) is 6.42 Å². The molecule has 6 heteroatoms. The smallest absolute Gasteiger partial charge is 0.305 e. The maximum atomic E-state index is 12.7. The third-order valence-electron chi connectivity index (χ3n) is 2.37. The molecule has 0 aliphatic carbocycles. The van der Waals surface area contributed by atoms with Gasteiger partial charge in [0.15, 0.2) is 6.10 Å². The Bertz CT molecular complexity index is 446. The highest BCUT2D eigenvalue weighted by Gasteiger charge is 2.18. The number of nitrogens with one attached hydrogen (secondary N) is 1. The minimum Gasteiger partial charge on any atom is -0.481 e. The van der Waals surface area contributed by atoms with Crippen molar-refractivity contribution in [2.75, 3.05) is 0 Å². The van der Waals surface area contributed by atoms with E-state index < -0.39 is 24.0 Å². The van der Waals surface area contributed by atoms with Crippen LogP contribution in [-0.4, -0.2) is 29.1 Å². The summed E-state index contributed by atoms with van der Waals surface area (Å²) in [6.07, 6.45) is -0.948. The molecule has 1 rings (SSSR count). The van der Waals surface area contributed by atoms with Crippen molar-refractivity contribution in [1.29, 1.82) is 0 Å². The molecule has 2 unspecified atom stereocenters. The molecule has 0 aliphatic heterocycles. The number of amides is 1. The van der Waals surface area contributed by atoms with Gasteiger partial charge in [-0.25, -0.2) is 4.39 Å². The molecule has 0 spiro atoms. The van der Waals surface area contributed by atoms with E-state index in [1.54, 1.807) is 6.92 Å². The molecular weight excluding hydrogens is 253 g/mol. The number of carboxylic acids is 1. The van der Waals surface area contributed by atoms with Gasteiger partial charge in [0.25, 0.3) is 5.91 Å². The second kappa shape index (κ2) is 6.72. The van der Waals surface area contributed by atoms with E-state index in [2.05, 4.69) is 5.32 Å². The van der Waals surface area contributed by atoms with Crippen molar-refractivity contribution in [2.45, 2.75) is 32.4 Å². The van der Waals surface area contributed by atoms with Crippen LogP contribution in [0.2, 0.25) is 0 Å². The van der Waals surface area contributed by atoms with Gasteiger partial charge in [-0.15, -0.1) is 0 Å². The van der Waals surface area contributed by atoms with E-state index in [9.17, 15) is 14.0 Å². The molecule has 1 amide bonds. The number of hydrogen-bond donors (Lipinski definition) is 2. The summed E-state index contributed by atoms with van der Waals surface area (Å²) in [7, 11) is 0. The van der Waals surface area contributed by atoms with Crippen molar-refractivity contribution in [3.8, 4) is 5.75 Å². The highest BCUT2D eigenvalue weighted by Crippen LogP contribution is 2.13. The number of carboxylic acid groups (broad SMARTS) is 1. The topological polar surface area (TPSA) is 75.6 Å². The zero-order valence-corrected chi connectivity index (χ0v) is 10.7. The zero-order chi connectivity index (χ0) is 14.4. The van der Waals surface area contributed by atoms with Crippen molar-refractivity contribution in [3.05, 3.63) is 30.1 Å². The zero-order valence-electron chi connectivity index (χ0n) is 10.7. The third-order valence-corrected chi connectivity index (χ3v) is 2.37. The molecule has 19 heavy (non-hydrogen) atoms. The predicted molar refractivity (Wildman–Crippen MR) is 66.3 cm³/mol. The molecule has 0 fully saturated rings. The van der Waals surface area contributed by atoms with Gasteiger partial charge >= 0.3 is 5.97 Å². The first-order valence-electron chi connectivity index (χ1n) is 5.83. The SMILES string of the molecule is CC(CC(=O)O)NC(=O)C(C)Oc1ccc(F)cc1. The summed E-state index contributed by atoms with van der Waals surface area (Å²) in [5, 5.41) is 11.1. The summed E-state index contributed by atoms with van der Waals surface area (Å²) in [6.45, 7) is 3.13. The van der Waals surface area contributed by atoms with Crippen LogP contribution in [0.4, 0.5) is 4.39 Å². The quantitative estimate of drug-likeness (QED) is 0.822. The van der Waals surface area contributed by atoms with Gasteiger partial charge in [0.2, 0.25) is 0 Å². The summed E-state index contributed by atoms with van der Waals surface area (Å²) in [6, 6.07) is 4.81. The van der Waals surface area contributed by atoms with E-state index in [0.29, 0.717) is 5.75 Å². The summed E-state index contributed by atoms with van der Waals surface area (Å²) >= 11 is 0. The summed E-state index contributed by atoms with van der Waals surface area (Å²) < 4.78 is 18.0. The van der Waals surface area contributed by atoms with Crippen LogP contribution in [0.3, 0.4) is 0 Å². The molecule has 2 atom stereocenters. The van der Waals surface area contributed by atoms with Gasteiger partial charge in [-0.2, -0.15) is 0 Å². The van der Waals surface area contributed by atoms with Crippen LogP contribution in [0.15, 0.2) is 24.3 Å². The van der Waals surface area contributed by atoms with Crippen LogP contribution in [0, 0.1) is 5.82 Å². The number of ether oxygens (including phenoxy) is 1. The van der Waals surface area contributed by atoms with E-state index in [-0.39, 0.29) is 12.2 Å². The molecule has 0 saturated heterocycles. The molecule has 0 aliphatic rings. The van der Waals surface area contributed by atoms with E-state index in [1.165, 1.54) is 31.2 Å². The van der Waals surface area contributed by atoms with Crippen LogP contribution in [0.1, 0.15) is 20.3 Å². The lowest BCUT2D eigenvalue weighted by Gasteiger charge is -2.17.